The minimum absolute atomic E-state index is 0.0125. The molecule has 1 aliphatic rings. The number of nitrogens with one attached hydrogen (secondary N) is 2. The first kappa shape index (κ1) is 17.8. The predicted octanol–water partition coefficient (Wildman–Crippen LogP) is 2.69. The third-order valence-corrected chi connectivity index (χ3v) is 4.52. The molecule has 0 aliphatic carbocycles. The van der Waals surface area contributed by atoms with Crippen LogP contribution in [0.15, 0.2) is 6.33 Å². The Hall–Kier alpha value is -1.56. The van der Waals surface area contributed by atoms with Crippen molar-refractivity contribution in [3.05, 3.63) is 11.5 Å². The molecule has 1 aliphatic heterocycles. The van der Waals surface area contributed by atoms with Crippen molar-refractivity contribution in [2.45, 2.75) is 45.6 Å². The lowest BCUT2D eigenvalue weighted by Gasteiger charge is -2.34. The van der Waals surface area contributed by atoms with Crippen LogP contribution >= 0.6 is 11.6 Å². The van der Waals surface area contributed by atoms with E-state index < -0.39 is 0 Å². The number of carbonyl (C=O) groups is 1. The maximum Gasteiger partial charge on any atom is 0.225 e. The highest BCUT2D eigenvalue weighted by molar-refractivity contribution is 6.32. The molecule has 2 unspecified atom stereocenters. The van der Waals surface area contributed by atoms with E-state index in [2.05, 4.69) is 39.3 Å². The van der Waals surface area contributed by atoms with Crippen molar-refractivity contribution in [2.24, 2.45) is 5.92 Å². The number of halogens is 1. The summed E-state index contributed by atoms with van der Waals surface area (Å²) in [7, 11) is 1.80. The van der Waals surface area contributed by atoms with Crippen LogP contribution in [0.5, 0.6) is 0 Å². The molecule has 1 amide bonds. The largest absolute Gasteiger partial charge is 0.383 e. The normalized spacial score (nSPS) is 19.3. The van der Waals surface area contributed by atoms with Crippen molar-refractivity contribution in [1.29, 1.82) is 0 Å². The average Bonchev–Trinajstić information content (AvgIpc) is 2.55. The van der Waals surface area contributed by atoms with E-state index >= 15 is 0 Å². The summed E-state index contributed by atoms with van der Waals surface area (Å²) < 4.78 is 0. The van der Waals surface area contributed by atoms with Crippen LogP contribution in [0, 0.1) is 5.92 Å². The van der Waals surface area contributed by atoms with E-state index in [4.69, 9.17) is 11.6 Å². The second kappa shape index (κ2) is 8.34. The molecule has 0 aromatic carbocycles. The molecule has 0 radical (unpaired) electrons. The van der Waals surface area contributed by atoms with Gasteiger partial charge in [-0.05, 0) is 26.2 Å². The van der Waals surface area contributed by atoms with Crippen LogP contribution < -0.4 is 15.5 Å². The Morgan fingerprint density at radius 2 is 2.30 bits per heavy atom. The quantitative estimate of drug-likeness (QED) is 0.780. The minimum Gasteiger partial charge on any atom is -0.383 e. The van der Waals surface area contributed by atoms with E-state index in [9.17, 15) is 4.79 Å². The second-order valence-electron chi connectivity index (χ2n) is 6.10. The minimum atomic E-state index is -0.0125. The van der Waals surface area contributed by atoms with Gasteiger partial charge in [-0.15, -0.1) is 0 Å². The number of piperidine rings is 1. The Labute approximate surface area is 143 Å². The lowest BCUT2D eigenvalue weighted by Crippen LogP contribution is -2.45. The van der Waals surface area contributed by atoms with E-state index in [1.54, 1.807) is 7.05 Å². The molecule has 0 saturated carbocycles. The molecule has 1 aromatic heterocycles. The van der Waals surface area contributed by atoms with Gasteiger partial charge in [-0.2, -0.15) is 0 Å². The van der Waals surface area contributed by atoms with Crippen molar-refractivity contribution in [3.63, 3.8) is 0 Å². The van der Waals surface area contributed by atoms with Crippen molar-refractivity contribution in [1.82, 2.24) is 15.3 Å². The van der Waals surface area contributed by atoms with E-state index in [1.807, 2.05) is 0 Å². The molecule has 6 nitrogen and oxygen atoms in total. The first-order valence-electron chi connectivity index (χ1n) is 8.30. The van der Waals surface area contributed by atoms with Gasteiger partial charge in [0.05, 0.1) is 5.92 Å². The van der Waals surface area contributed by atoms with Gasteiger partial charge in [0, 0.05) is 26.2 Å². The Balaban J connectivity index is 2.06. The van der Waals surface area contributed by atoms with Gasteiger partial charge < -0.3 is 15.5 Å². The van der Waals surface area contributed by atoms with Crippen molar-refractivity contribution in [3.8, 4) is 0 Å². The van der Waals surface area contributed by atoms with E-state index in [0.717, 1.165) is 43.7 Å². The number of anilines is 2. The van der Waals surface area contributed by atoms with Gasteiger partial charge >= 0.3 is 0 Å². The Kier molecular flexibility index (Phi) is 6.45. The van der Waals surface area contributed by atoms with Gasteiger partial charge in [0.2, 0.25) is 5.91 Å². The Bertz CT molecular complexity index is 539. The Morgan fingerprint density at radius 3 is 3.00 bits per heavy atom. The maximum absolute atomic E-state index is 12.5. The summed E-state index contributed by atoms with van der Waals surface area (Å²) in [5.74, 6) is 0.898. The first-order chi connectivity index (χ1) is 11.1. The van der Waals surface area contributed by atoms with E-state index in [0.29, 0.717) is 11.7 Å². The van der Waals surface area contributed by atoms with Crippen LogP contribution in [0.1, 0.15) is 39.5 Å². The fourth-order valence-electron chi connectivity index (χ4n) is 3.06. The lowest BCUT2D eigenvalue weighted by atomic mass is 9.96. The van der Waals surface area contributed by atoms with Gasteiger partial charge in [0.1, 0.15) is 12.0 Å². The van der Waals surface area contributed by atoms with Gasteiger partial charge in [0.25, 0.3) is 0 Å². The van der Waals surface area contributed by atoms with Gasteiger partial charge in [-0.1, -0.05) is 24.9 Å². The van der Waals surface area contributed by atoms with Crippen molar-refractivity contribution in [2.75, 3.05) is 30.4 Å². The fourth-order valence-corrected chi connectivity index (χ4v) is 3.28. The van der Waals surface area contributed by atoms with Crippen LogP contribution in [0.3, 0.4) is 0 Å². The summed E-state index contributed by atoms with van der Waals surface area (Å²) in [6.45, 7) is 5.72. The average molecular weight is 340 g/mol. The molecule has 1 aromatic rings. The Morgan fingerprint density at radius 1 is 1.52 bits per heavy atom. The summed E-state index contributed by atoms with van der Waals surface area (Å²) in [5.41, 5.74) is 0.717. The first-order valence-corrected chi connectivity index (χ1v) is 8.68. The topological polar surface area (TPSA) is 70.2 Å². The summed E-state index contributed by atoms with van der Waals surface area (Å²) in [4.78, 5) is 23.0. The molecule has 7 heteroatoms. The van der Waals surface area contributed by atoms with Crippen LogP contribution in [0.2, 0.25) is 5.15 Å². The van der Waals surface area contributed by atoms with Crippen LogP contribution in [-0.4, -0.2) is 42.1 Å². The van der Waals surface area contributed by atoms with Crippen molar-refractivity contribution >= 4 is 29.0 Å². The highest BCUT2D eigenvalue weighted by Crippen LogP contribution is 2.31. The molecule has 0 bridgehead atoms. The lowest BCUT2D eigenvalue weighted by molar-refractivity contribution is -0.125. The number of nitrogens with zero attached hydrogens (tertiary/aromatic N) is 3. The summed E-state index contributed by atoms with van der Waals surface area (Å²) in [6.07, 6.45) is 5.42. The van der Waals surface area contributed by atoms with E-state index in [-0.39, 0.29) is 17.9 Å². The standard InChI is InChI=1S/C16H26ClN5O/c1-4-6-11(2)21-16(23)12-7-5-8-22(9-12)15-13(18-3)14(17)19-10-20-15/h10-12,18H,4-9H2,1-3H3,(H,21,23). The summed E-state index contributed by atoms with van der Waals surface area (Å²) in [5, 5.41) is 6.58. The molecular weight excluding hydrogens is 314 g/mol. The second-order valence-corrected chi connectivity index (χ2v) is 6.45. The highest BCUT2D eigenvalue weighted by atomic mass is 35.5. The highest BCUT2D eigenvalue weighted by Gasteiger charge is 2.28. The number of rotatable bonds is 6. The number of amides is 1. The smallest absolute Gasteiger partial charge is 0.225 e. The summed E-state index contributed by atoms with van der Waals surface area (Å²) in [6, 6.07) is 0.226. The fraction of sp³-hybridized carbons (Fsp3) is 0.688. The molecular formula is C16H26ClN5O. The number of aromatic nitrogens is 2. The monoisotopic (exact) mass is 339 g/mol. The molecule has 1 fully saturated rings. The van der Waals surface area contributed by atoms with Crippen LogP contribution in [0.4, 0.5) is 11.5 Å². The molecule has 0 spiro atoms. The summed E-state index contributed by atoms with van der Waals surface area (Å²) >= 11 is 6.13. The SMILES string of the molecule is CCCC(C)NC(=O)C1CCCN(c2ncnc(Cl)c2NC)C1. The number of carbonyl (C=O) groups excluding carboxylic acids is 1. The molecule has 2 atom stereocenters. The predicted molar refractivity (Wildman–Crippen MR) is 94.0 cm³/mol. The molecule has 128 valence electrons. The van der Waals surface area contributed by atoms with Crippen LogP contribution in [0.25, 0.3) is 0 Å². The number of hydrogen-bond acceptors (Lipinski definition) is 5. The van der Waals surface area contributed by atoms with Crippen LogP contribution in [-0.2, 0) is 4.79 Å². The third-order valence-electron chi connectivity index (χ3n) is 4.23. The van der Waals surface area contributed by atoms with Gasteiger partial charge in [-0.3, -0.25) is 4.79 Å². The zero-order valence-electron chi connectivity index (χ0n) is 14.1. The molecule has 2 N–H and O–H groups in total. The molecule has 23 heavy (non-hydrogen) atoms. The van der Waals surface area contributed by atoms with Gasteiger partial charge in [-0.25, -0.2) is 9.97 Å². The third kappa shape index (κ3) is 4.47. The number of hydrogen-bond donors (Lipinski definition) is 2. The van der Waals surface area contributed by atoms with Gasteiger partial charge in [0.15, 0.2) is 11.0 Å². The zero-order valence-corrected chi connectivity index (χ0v) is 14.9. The maximum atomic E-state index is 12.5. The molecule has 2 heterocycles. The van der Waals surface area contributed by atoms with Crippen molar-refractivity contribution < 1.29 is 4.79 Å². The zero-order chi connectivity index (χ0) is 16.8. The van der Waals surface area contributed by atoms with E-state index in [1.165, 1.54) is 6.33 Å². The molecule has 2 rings (SSSR count). The molecule has 1 saturated heterocycles.